The predicted molar refractivity (Wildman–Crippen MR) is 69.4 cm³/mol. The first-order valence-corrected chi connectivity index (χ1v) is 7.51. The highest BCUT2D eigenvalue weighted by atomic mass is 32.2. The topological polar surface area (TPSA) is 86.2 Å². The summed E-state index contributed by atoms with van der Waals surface area (Å²) < 4.78 is 22.6. The van der Waals surface area contributed by atoms with Gasteiger partial charge < -0.3 is 11.5 Å². The van der Waals surface area contributed by atoms with Crippen LogP contribution in [0.2, 0.25) is 0 Å². The molecule has 0 saturated carbocycles. The Bertz CT molecular complexity index is 452. The number of hydrogen-bond acceptors (Lipinski definition) is 4. The molecule has 2 unspecified atom stereocenters. The molecule has 0 saturated heterocycles. The monoisotopic (exact) mass is 256 g/mol. The normalized spacial score (nSPS) is 15.5. The Morgan fingerprint density at radius 1 is 1.12 bits per heavy atom. The Kier molecular flexibility index (Phi) is 4.68. The van der Waals surface area contributed by atoms with Gasteiger partial charge in [0.2, 0.25) is 0 Å². The molecule has 5 heteroatoms. The highest BCUT2D eigenvalue weighted by Crippen LogP contribution is 2.18. The Balaban J connectivity index is 2.74. The van der Waals surface area contributed by atoms with Crippen LogP contribution in [-0.4, -0.2) is 20.7 Å². The lowest BCUT2D eigenvalue weighted by Gasteiger charge is -2.13. The molecule has 0 aliphatic carbocycles. The Morgan fingerprint density at radius 3 is 2.06 bits per heavy atom. The minimum atomic E-state index is -3.13. The summed E-state index contributed by atoms with van der Waals surface area (Å²) in [5.41, 5.74) is 12.6. The largest absolute Gasteiger partial charge is 0.328 e. The predicted octanol–water partition coefficient (Wildman–Crippen LogP) is 1.22. The van der Waals surface area contributed by atoms with Gasteiger partial charge in [-0.3, -0.25) is 0 Å². The first kappa shape index (κ1) is 14.2. The van der Waals surface area contributed by atoms with E-state index in [0.717, 1.165) is 18.4 Å². The highest BCUT2D eigenvalue weighted by Gasteiger charge is 2.10. The van der Waals surface area contributed by atoms with Crippen molar-refractivity contribution < 1.29 is 8.42 Å². The van der Waals surface area contributed by atoms with Crippen molar-refractivity contribution in [3.63, 3.8) is 0 Å². The molecule has 17 heavy (non-hydrogen) atoms. The van der Waals surface area contributed by atoms with Crippen LogP contribution in [0.15, 0.2) is 29.2 Å². The molecule has 0 aliphatic heterocycles. The quantitative estimate of drug-likeness (QED) is 0.829. The van der Waals surface area contributed by atoms with E-state index in [0.29, 0.717) is 4.90 Å². The number of rotatable bonds is 5. The lowest BCUT2D eigenvalue weighted by atomic mass is 10.0. The molecule has 96 valence electrons. The van der Waals surface area contributed by atoms with E-state index < -0.39 is 9.84 Å². The summed E-state index contributed by atoms with van der Waals surface area (Å²) >= 11 is 0. The average Bonchev–Trinajstić information content (AvgIpc) is 2.25. The molecule has 0 aliphatic rings. The zero-order valence-corrected chi connectivity index (χ0v) is 11.1. The molecular weight excluding hydrogens is 236 g/mol. The lowest BCUT2D eigenvalue weighted by molar-refractivity contribution is 0.555. The van der Waals surface area contributed by atoms with Crippen molar-refractivity contribution in [3.8, 4) is 0 Å². The molecule has 1 aromatic carbocycles. The molecule has 4 N–H and O–H groups in total. The van der Waals surface area contributed by atoms with E-state index in [2.05, 4.69) is 0 Å². The van der Waals surface area contributed by atoms with E-state index in [4.69, 9.17) is 11.5 Å². The van der Waals surface area contributed by atoms with Crippen LogP contribution in [0.1, 0.15) is 31.4 Å². The zero-order valence-electron chi connectivity index (χ0n) is 10.3. The summed E-state index contributed by atoms with van der Waals surface area (Å²) in [6.07, 6.45) is 2.85. The molecule has 0 spiro atoms. The van der Waals surface area contributed by atoms with Crippen LogP contribution in [0, 0.1) is 0 Å². The van der Waals surface area contributed by atoms with E-state index in [1.165, 1.54) is 6.26 Å². The van der Waals surface area contributed by atoms with E-state index in [1.807, 2.05) is 6.92 Å². The van der Waals surface area contributed by atoms with Gasteiger partial charge in [0, 0.05) is 18.3 Å². The van der Waals surface area contributed by atoms with Crippen LogP contribution in [-0.2, 0) is 9.84 Å². The molecule has 0 heterocycles. The maximum Gasteiger partial charge on any atom is 0.175 e. The molecular formula is C12H20N2O2S. The summed E-state index contributed by atoms with van der Waals surface area (Å²) in [7, 11) is -3.13. The van der Waals surface area contributed by atoms with Crippen molar-refractivity contribution in [2.45, 2.75) is 36.7 Å². The first-order chi connectivity index (χ1) is 7.80. The second-order valence-electron chi connectivity index (χ2n) is 4.50. The van der Waals surface area contributed by atoms with Crippen molar-refractivity contribution in [2.75, 3.05) is 6.26 Å². The Morgan fingerprint density at radius 2 is 1.65 bits per heavy atom. The molecule has 1 aromatic rings. The molecule has 0 amide bonds. The first-order valence-electron chi connectivity index (χ1n) is 5.62. The number of nitrogens with two attached hydrogens (primary N) is 2. The van der Waals surface area contributed by atoms with Crippen LogP contribution in [0.3, 0.4) is 0 Å². The van der Waals surface area contributed by atoms with Crippen LogP contribution >= 0.6 is 0 Å². The molecule has 4 nitrogen and oxygen atoms in total. The van der Waals surface area contributed by atoms with Gasteiger partial charge in [-0.15, -0.1) is 0 Å². The maximum atomic E-state index is 11.3. The third kappa shape index (κ3) is 4.46. The van der Waals surface area contributed by atoms with Crippen molar-refractivity contribution in [3.05, 3.63) is 29.8 Å². The average molecular weight is 256 g/mol. The summed E-state index contributed by atoms with van der Waals surface area (Å²) in [5.74, 6) is 0. The molecule has 0 radical (unpaired) electrons. The van der Waals surface area contributed by atoms with Crippen LogP contribution in [0.25, 0.3) is 0 Å². The molecule has 1 rings (SSSR count). The van der Waals surface area contributed by atoms with E-state index in [9.17, 15) is 8.42 Å². The fraction of sp³-hybridized carbons (Fsp3) is 0.500. The third-order valence-corrected chi connectivity index (χ3v) is 3.80. The summed E-state index contributed by atoms with van der Waals surface area (Å²) in [6.45, 7) is 1.94. The lowest BCUT2D eigenvalue weighted by Crippen LogP contribution is -2.18. The Hall–Kier alpha value is -0.910. The van der Waals surface area contributed by atoms with E-state index in [1.54, 1.807) is 24.3 Å². The fourth-order valence-electron chi connectivity index (χ4n) is 1.57. The minimum Gasteiger partial charge on any atom is -0.328 e. The summed E-state index contributed by atoms with van der Waals surface area (Å²) in [4.78, 5) is 0.320. The van der Waals surface area contributed by atoms with Crippen molar-refractivity contribution in [2.24, 2.45) is 11.5 Å². The molecule has 0 bridgehead atoms. The number of sulfone groups is 1. The van der Waals surface area contributed by atoms with Crippen LogP contribution < -0.4 is 11.5 Å². The minimum absolute atomic E-state index is 0.0883. The van der Waals surface area contributed by atoms with Gasteiger partial charge in [-0.25, -0.2) is 8.42 Å². The second kappa shape index (κ2) is 5.62. The van der Waals surface area contributed by atoms with Gasteiger partial charge >= 0.3 is 0 Å². The molecule has 0 aromatic heterocycles. The van der Waals surface area contributed by atoms with Crippen LogP contribution in [0.5, 0.6) is 0 Å². The van der Waals surface area contributed by atoms with Gasteiger partial charge in [-0.1, -0.05) is 12.1 Å². The van der Waals surface area contributed by atoms with Crippen LogP contribution in [0.4, 0.5) is 0 Å². The van der Waals surface area contributed by atoms with Crippen molar-refractivity contribution in [1.82, 2.24) is 0 Å². The van der Waals surface area contributed by atoms with Crippen molar-refractivity contribution >= 4 is 9.84 Å². The zero-order chi connectivity index (χ0) is 13.1. The summed E-state index contributed by atoms with van der Waals surface area (Å²) in [6, 6.07) is 6.77. The molecule has 2 atom stereocenters. The number of benzene rings is 1. The number of hydrogen-bond donors (Lipinski definition) is 2. The van der Waals surface area contributed by atoms with E-state index in [-0.39, 0.29) is 12.1 Å². The summed E-state index contributed by atoms with van der Waals surface area (Å²) in [5, 5.41) is 0. The second-order valence-corrected chi connectivity index (χ2v) is 6.52. The van der Waals surface area contributed by atoms with Gasteiger partial charge in [0.1, 0.15) is 0 Å². The highest BCUT2D eigenvalue weighted by molar-refractivity contribution is 7.90. The Labute approximate surface area is 103 Å². The van der Waals surface area contributed by atoms with Gasteiger partial charge in [0.05, 0.1) is 4.90 Å². The van der Waals surface area contributed by atoms with Gasteiger partial charge in [0.15, 0.2) is 9.84 Å². The van der Waals surface area contributed by atoms with E-state index >= 15 is 0 Å². The van der Waals surface area contributed by atoms with Gasteiger partial charge in [0.25, 0.3) is 0 Å². The van der Waals surface area contributed by atoms with Gasteiger partial charge in [-0.05, 0) is 37.5 Å². The third-order valence-electron chi connectivity index (χ3n) is 2.67. The maximum absolute atomic E-state index is 11.3. The SMILES string of the molecule is CC(N)CCC(N)c1ccc(S(C)(=O)=O)cc1. The standard InChI is InChI=1S/C12H20N2O2S/c1-9(13)3-8-12(14)10-4-6-11(7-5-10)17(2,15)16/h4-7,9,12H,3,8,13-14H2,1-2H3. The van der Waals surface area contributed by atoms with Gasteiger partial charge in [-0.2, -0.15) is 0 Å². The smallest absolute Gasteiger partial charge is 0.175 e. The van der Waals surface area contributed by atoms with Crippen molar-refractivity contribution in [1.29, 1.82) is 0 Å². The molecule has 0 fully saturated rings. The fourth-order valence-corrected chi connectivity index (χ4v) is 2.20.